The van der Waals surface area contributed by atoms with Gasteiger partial charge in [0, 0.05) is 5.56 Å². The third kappa shape index (κ3) is 3.15. The average molecular weight is 303 g/mol. The third-order valence-corrected chi connectivity index (χ3v) is 3.36. The predicted molar refractivity (Wildman–Crippen MR) is 87.2 cm³/mol. The van der Waals surface area contributed by atoms with Crippen LogP contribution >= 0.6 is 0 Å². The lowest BCUT2D eigenvalue weighted by molar-refractivity contribution is -0.122. The second-order valence-corrected chi connectivity index (χ2v) is 4.87. The number of isocyanates is 1. The summed E-state index contributed by atoms with van der Waals surface area (Å²) < 4.78 is 0. The number of benzene rings is 2. The van der Waals surface area contributed by atoms with Crippen molar-refractivity contribution in [2.75, 3.05) is 6.67 Å². The van der Waals surface area contributed by atoms with Crippen LogP contribution in [-0.4, -0.2) is 29.4 Å². The minimum absolute atomic E-state index is 0.0950. The van der Waals surface area contributed by atoms with E-state index >= 15 is 0 Å². The summed E-state index contributed by atoms with van der Waals surface area (Å²) in [7, 11) is 0. The first-order valence-corrected chi connectivity index (χ1v) is 7.06. The molecular formula is C18H13N3O2. The fourth-order valence-electron chi connectivity index (χ4n) is 2.30. The molecule has 1 amide bonds. The van der Waals surface area contributed by atoms with Gasteiger partial charge in [-0.1, -0.05) is 60.7 Å². The molecule has 3 rings (SSSR count). The Bertz CT molecular complexity index is 820. The lowest BCUT2D eigenvalue weighted by Crippen LogP contribution is -2.32. The van der Waals surface area contributed by atoms with Crippen LogP contribution in [0.4, 0.5) is 0 Å². The molecular weight excluding hydrogens is 290 g/mol. The number of amidine groups is 1. The first kappa shape index (κ1) is 14.6. The van der Waals surface area contributed by atoms with Crippen LogP contribution in [0.3, 0.4) is 0 Å². The molecule has 112 valence electrons. The molecule has 5 nitrogen and oxygen atoms in total. The van der Waals surface area contributed by atoms with Crippen molar-refractivity contribution in [1.82, 2.24) is 4.90 Å². The van der Waals surface area contributed by atoms with E-state index in [-0.39, 0.29) is 12.6 Å². The molecule has 0 unspecified atom stereocenters. The van der Waals surface area contributed by atoms with E-state index in [0.29, 0.717) is 11.5 Å². The van der Waals surface area contributed by atoms with Gasteiger partial charge in [-0.25, -0.2) is 9.79 Å². The first-order valence-electron chi connectivity index (χ1n) is 7.06. The molecule has 0 aromatic heterocycles. The quantitative estimate of drug-likeness (QED) is 0.495. The van der Waals surface area contributed by atoms with Crippen molar-refractivity contribution in [3.63, 3.8) is 0 Å². The summed E-state index contributed by atoms with van der Waals surface area (Å²) in [5.74, 6) is 0.198. The Balaban J connectivity index is 2.02. The van der Waals surface area contributed by atoms with Crippen molar-refractivity contribution in [3.05, 3.63) is 77.5 Å². The Morgan fingerprint density at radius 3 is 2.35 bits per heavy atom. The van der Waals surface area contributed by atoms with Crippen molar-refractivity contribution >= 4 is 23.9 Å². The van der Waals surface area contributed by atoms with Crippen LogP contribution in [0.25, 0.3) is 6.08 Å². The average Bonchev–Trinajstić information content (AvgIpc) is 2.91. The molecule has 0 aliphatic carbocycles. The van der Waals surface area contributed by atoms with Crippen LogP contribution in [0, 0.1) is 0 Å². The molecule has 0 saturated heterocycles. The summed E-state index contributed by atoms with van der Waals surface area (Å²) in [4.78, 5) is 32.3. The van der Waals surface area contributed by atoms with E-state index in [2.05, 4.69) is 9.98 Å². The fraction of sp³-hybridized carbons (Fsp3) is 0.0556. The Morgan fingerprint density at radius 1 is 1.04 bits per heavy atom. The van der Waals surface area contributed by atoms with Crippen LogP contribution in [0.1, 0.15) is 11.1 Å². The number of nitrogens with zero attached hydrogens (tertiary/aromatic N) is 3. The van der Waals surface area contributed by atoms with E-state index in [1.807, 2.05) is 60.7 Å². The highest BCUT2D eigenvalue weighted by atomic mass is 16.2. The molecule has 0 bridgehead atoms. The normalized spacial score (nSPS) is 15.5. The van der Waals surface area contributed by atoms with Gasteiger partial charge in [-0.3, -0.25) is 9.69 Å². The molecule has 0 N–H and O–H groups in total. The third-order valence-electron chi connectivity index (χ3n) is 3.36. The molecule has 1 aliphatic rings. The Morgan fingerprint density at radius 2 is 1.70 bits per heavy atom. The van der Waals surface area contributed by atoms with Crippen molar-refractivity contribution in [2.45, 2.75) is 0 Å². The lowest BCUT2D eigenvalue weighted by Gasteiger charge is -2.14. The maximum atomic E-state index is 12.6. The molecule has 0 spiro atoms. The Hall–Kier alpha value is -3.30. The van der Waals surface area contributed by atoms with Crippen molar-refractivity contribution in [2.24, 2.45) is 9.98 Å². The highest BCUT2D eigenvalue weighted by molar-refractivity contribution is 6.19. The summed E-state index contributed by atoms with van der Waals surface area (Å²) in [5.41, 5.74) is 1.99. The molecule has 0 atom stereocenters. The Kier molecular flexibility index (Phi) is 4.22. The standard InChI is InChI=1S/C18H13N3O2/c22-13-19-12-21-17(15-9-5-2-6-10-15)20-16(18(21)23)11-14-7-3-1-4-8-14/h1-11H,12H2/b16-11-. The van der Waals surface area contributed by atoms with Gasteiger partial charge in [-0.15, -0.1) is 0 Å². The maximum absolute atomic E-state index is 12.6. The van der Waals surface area contributed by atoms with Gasteiger partial charge in [0.2, 0.25) is 6.08 Å². The smallest absolute Gasteiger partial charge is 0.269 e. The molecule has 0 fully saturated rings. The number of amides is 1. The molecule has 1 aliphatic heterocycles. The fourth-order valence-corrected chi connectivity index (χ4v) is 2.30. The zero-order chi connectivity index (χ0) is 16.1. The van der Waals surface area contributed by atoms with Gasteiger partial charge >= 0.3 is 0 Å². The summed E-state index contributed by atoms with van der Waals surface area (Å²) in [6.45, 7) is -0.0950. The van der Waals surface area contributed by atoms with Gasteiger partial charge in [0.25, 0.3) is 5.91 Å². The molecule has 23 heavy (non-hydrogen) atoms. The van der Waals surface area contributed by atoms with Crippen LogP contribution in [0.5, 0.6) is 0 Å². The van der Waals surface area contributed by atoms with Crippen molar-refractivity contribution < 1.29 is 9.59 Å². The van der Waals surface area contributed by atoms with Gasteiger partial charge in [0.05, 0.1) is 0 Å². The van der Waals surface area contributed by atoms with Gasteiger partial charge in [-0.05, 0) is 11.6 Å². The maximum Gasteiger partial charge on any atom is 0.279 e. The molecule has 0 saturated carbocycles. The molecule has 0 radical (unpaired) electrons. The van der Waals surface area contributed by atoms with Crippen molar-refractivity contribution in [3.8, 4) is 0 Å². The second kappa shape index (κ2) is 6.64. The van der Waals surface area contributed by atoms with Gasteiger partial charge in [-0.2, -0.15) is 4.99 Å². The van der Waals surface area contributed by atoms with E-state index < -0.39 is 0 Å². The minimum atomic E-state index is -0.285. The van der Waals surface area contributed by atoms with E-state index in [4.69, 9.17) is 0 Å². The van der Waals surface area contributed by atoms with Crippen LogP contribution < -0.4 is 0 Å². The van der Waals surface area contributed by atoms with Gasteiger partial charge in [0.15, 0.2) is 0 Å². The topological polar surface area (TPSA) is 62.1 Å². The van der Waals surface area contributed by atoms with E-state index in [0.717, 1.165) is 11.1 Å². The zero-order valence-electron chi connectivity index (χ0n) is 12.2. The number of hydrogen-bond acceptors (Lipinski definition) is 4. The van der Waals surface area contributed by atoms with E-state index in [1.165, 1.54) is 11.0 Å². The van der Waals surface area contributed by atoms with E-state index in [9.17, 15) is 9.59 Å². The van der Waals surface area contributed by atoms with Crippen LogP contribution in [0.2, 0.25) is 0 Å². The number of carbonyl (C=O) groups is 1. The van der Waals surface area contributed by atoms with Gasteiger partial charge in [0.1, 0.15) is 18.2 Å². The number of carbonyl (C=O) groups excluding carboxylic acids is 2. The van der Waals surface area contributed by atoms with Crippen LogP contribution in [0.15, 0.2) is 76.3 Å². The summed E-state index contributed by atoms with van der Waals surface area (Å²) >= 11 is 0. The van der Waals surface area contributed by atoms with E-state index in [1.54, 1.807) is 6.08 Å². The predicted octanol–water partition coefficient (Wildman–Crippen LogP) is 2.61. The lowest BCUT2D eigenvalue weighted by atomic mass is 10.2. The molecule has 2 aromatic carbocycles. The number of aliphatic imine (C=N–C) groups is 2. The molecule has 2 aromatic rings. The first-order chi connectivity index (χ1) is 11.3. The minimum Gasteiger partial charge on any atom is -0.269 e. The monoisotopic (exact) mass is 303 g/mol. The van der Waals surface area contributed by atoms with Crippen molar-refractivity contribution in [1.29, 1.82) is 0 Å². The summed E-state index contributed by atoms with van der Waals surface area (Å²) in [5, 5.41) is 0. The largest absolute Gasteiger partial charge is 0.279 e. The Labute approximate surface area is 133 Å². The van der Waals surface area contributed by atoms with Gasteiger partial charge < -0.3 is 0 Å². The summed E-state index contributed by atoms with van der Waals surface area (Å²) in [6.07, 6.45) is 3.18. The number of rotatable bonds is 4. The zero-order valence-corrected chi connectivity index (χ0v) is 12.2. The SMILES string of the molecule is O=C=NCN1C(=O)/C(=C/c2ccccc2)N=C1c1ccccc1. The summed E-state index contributed by atoms with van der Waals surface area (Å²) in [6, 6.07) is 18.8. The second-order valence-electron chi connectivity index (χ2n) is 4.87. The molecule has 1 heterocycles. The molecule has 5 heteroatoms. The highest BCUT2D eigenvalue weighted by Crippen LogP contribution is 2.21. The highest BCUT2D eigenvalue weighted by Gasteiger charge is 2.30. The number of hydrogen-bond donors (Lipinski definition) is 0. The van der Waals surface area contributed by atoms with Crippen LogP contribution in [-0.2, 0) is 9.59 Å².